The Morgan fingerprint density at radius 3 is 2.00 bits per heavy atom. The fourth-order valence-electron chi connectivity index (χ4n) is 1.18. The molecule has 0 aliphatic heterocycles. The maximum atomic E-state index is 11.8. The summed E-state index contributed by atoms with van der Waals surface area (Å²) < 4.78 is 11.8. The first-order chi connectivity index (χ1) is 5.40. The SMILES string of the molecule is FN=C1C=c2ccccc2=C1. The Hall–Kier alpha value is -1.44. The highest BCUT2D eigenvalue weighted by Gasteiger charge is 1.97. The predicted molar refractivity (Wildman–Crippen MR) is 43.2 cm³/mol. The second-order valence-electron chi connectivity index (χ2n) is 2.43. The Balaban J connectivity index is 2.81. The monoisotopic (exact) mass is 147 g/mol. The summed E-state index contributed by atoms with van der Waals surface area (Å²) in [6, 6.07) is 7.71. The molecule has 0 N–H and O–H groups in total. The van der Waals surface area contributed by atoms with Crippen LogP contribution in [0.1, 0.15) is 0 Å². The van der Waals surface area contributed by atoms with Crippen LogP contribution < -0.4 is 10.4 Å². The molecule has 0 atom stereocenters. The van der Waals surface area contributed by atoms with E-state index >= 15 is 0 Å². The van der Waals surface area contributed by atoms with Crippen LogP contribution in [0.4, 0.5) is 4.48 Å². The Kier molecular flexibility index (Phi) is 1.32. The first-order valence-electron chi connectivity index (χ1n) is 3.37. The van der Waals surface area contributed by atoms with Crippen molar-refractivity contribution in [2.24, 2.45) is 5.21 Å². The quantitative estimate of drug-likeness (QED) is 0.509. The summed E-state index contributed by atoms with van der Waals surface area (Å²) >= 11 is 0. The molecule has 1 aromatic carbocycles. The lowest BCUT2D eigenvalue weighted by atomic mass is 10.3. The van der Waals surface area contributed by atoms with E-state index in [4.69, 9.17) is 0 Å². The first-order valence-corrected chi connectivity index (χ1v) is 3.37. The Bertz CT molecular complexity index is 380. The van der Waals surface area contributed by atoms with Crippen molar-refractivity contribution < 1.29 is 4.48 Å². The first kappa shape index (κ1) is 6.28. The molecule has 0 aromatic heterocycles. The molecule has 0 unspecified atom stereocenters. The minimum atomic E-state index is 0.395. The average molecular weight is 147 g/mol. The molecule has 0 radical (unpaired) electrons. The molecular formula is C9H6FN. The molecule has 54 valence electrons. The van der Waals surface area contributed by atoms with Gasteiger partial charge in [0.2, 0.25) is 0 Å². The van der Waals surface area contributed by atoms with Crippen LogP contribution in [-0.4, -0.2) is 5.71 Å². The largest absolute Gasteiger partial charge is 0.0972 e. The van der Waals surface area contributed by atoms with Gasteiger partial charge < -0.3 is 0 Å². The maximum Gasteiger partial charge on any atom is 0.0972 e. The summed E-state index contributed by atoms with van der Waals surface area (Å²) in [5, 5.41) is 4.67. The number of fused-ring (bicyclic) bond motifs is 1. The number of hydrogen-bond donors (Lipinski definition) is 0. The van der Waals surface area contributed by atoms with E-state index < -0.39 is 0 Å². The van der Waals surface area contributed by atoms with Gasteiger partial charge in [-0.1, -0.05) is 34.0 Å². The molecule has 0 fully saturated rings. The van der Waals surface area contributed by atoms with Crippen LogP contribution in [0.5, 0.6) is 0 Å². The molecule has 1 aliphatic rings. The van der Waals surface area contributed by atoms with Crippen LogP contribution in [0, 0.1) is 0 Å². The van der Waals surface area contributed by atoms with E-state index in [1.54, 1.807) is 12.2 Å². The third kappa shape index (κ3) is 0.963. The third-order valence-electron chi connectivity index (χ3n) is 1.70. The Morgan fingerprint density at radius 1 is 1.00 bits per heavy atom. The van der Waals surface area contributed by atoms with E-state index in [1.807, 2.05) is 24.3 Å². The number of benzene rings is 1. The highest BCUT2D eigenvalue weighted by Crippen LogP contribution is 1.89. The molecule has 2 heteroatoms. The van der Waals surface area contributed by atoms with Gasteiger partial charge in [-0.2, -0.15) is 0 Å². The number of halogens is 1. The van der Waals surface area contributed by atoms with E-state index in [9.17, 15) is 4.48 Å². The van der Waals surface area contributed by atoms with Crippen LogP contribution in [-0.2, 0) is 0 Å². The lowest BCUT2D eigenvalue weighted by Crippen LogP contribution is -2.19. The van der Waals surface area contributed by atoms with Crippen molar-refractivity contribution in [3.63, 3.8) is 0 Å². The van der Waals surface area contributed by atoms with Gasteiger partial charge in [-0.3, -0.25) is 0 Å². The van der Waals surface area contributed by atoms with E-state index in [1.165, 1.54) is 0 Å². The lowest BCUT2D eigenvalue weighted by Gasteiger charge is -1.78. The van der Waals surface area contributed by atoms with Crippen molar-refractivity contribution in [2.45, 2.75) is 0 Å². The predicted octanol–water partition coefficient (Wildman–Crippen LogP) is 0.587. The molecule has 11 heavy (non-hydrogen) atoms. The number of hydrogen-bond acceptors (Lipinski definition) is 1. The number of rotatable bonds is 0. The molecule has 1 nitrogen and oxygen atoms in total. The topological polar surface area (TPSA) is 12.4 Å². The lowest BCUT2D eigenvalue weighted by molar-refractivity contribution is 0.540. The molecule has 1 aromatic rings. The van der Waals surface area contributed by atoms with Crippen LogP contribution in [0.15, 0.2) is 29.5 Å². The molecule has 0 saturated heterocycles. The molecule has 1 aliphatic carbocycles. The van der Waals surface area contributed by atoms with Crippen molar-refractivity contribution in [1.82, 2.24) is 0 Å². The minimum absolute atomic E-state index is 0.395. The van der Waals surface area contributed by atoms with Gasteiger partial charge in [0.25, 0.3) is 0 Å². The van der Waals surface area contributed by atoms with E-state index in [-0.39, 0.29) is 0 Å². The Labute approximate surface area is 63.1 Å². The van der Waals surface area contributed by atoms with Gasteiger partial charge in [-0.15, -0.1) is 0 Å². The van der Waals surface area contributed by atoms with Gasteiger partial charge in [0.1, 0.15) is 0 Å². The summed E-state index contributed by atoms with van der Waals surface area (Å²) in [6.45, 7) is 0. The fraction of sp³-hybridized carbons (Fsp3) is 0. The summed E-state index contributed by atoms with van der Waals surface area (Å²) in [6.07, 6.45) is 3.44. The van der Waals surface area contributed by atoms with Crippen LogP contribution in [0.25, 0.3) is 12.2 Å². The highest BCUT2D eigenvalue weighted by molar-refractivity contribution is 6.29. The summed E-state index contributed by atoms with van der Waals surface area (Å²) in [5.41, 5.74) is 0.395. The van der Waals surface area contributed by atoms with Gasteiger partial charge in [0, 0.05) is 0 Å². The average Bonchev–Trinajstić information content (AvgIpc) is 2.46. The van der Waals surface area contributed by atoms with Gasteiger partial charge in [-0.25, -0.2) is 0 Å². The van der Waals surface area contributed by atoms with Crippen LogP contribution in [0.3, 0.4) is 0 Å². The number of nitrogens with zero attached hydrogens (tertiary/aromatic N) is 1. The van der Waals surface area contributed by atoms with E-state index in [2.05, 4.69) is 5.21 Å². The zero-order valence-corrected chi connectivity index (χ0v) is 5.79. The van der Waals surface area contributed by atoms with Crippen molar-refractivity contribution in [3.8, 4) is 0 Å². The van der Waals surface area contributed by atoms with E-state index in [0.29, 0.717) is 5.71 Å². The van der Waals surface area contributed by atoms with Gasteiger partial charge in [0.05, 0.1) is 5.71 Å². The normalized spacial score (nSPS) is 13.4. The molecule has 2 rings (SSSR count). The van der Waals surface area contributed by atoms with Crippen molar-refractivity contribution >= 4 is 17.9 Å². The summed E-state index contributed by atoms with van der Waals surface area (Å²) in [4.78, 5) is 0. The summed E-state index contributed by atoms with van der Waals surface area (Å²) in [5.74, 6) is 0. The van der Waals surface area contributed by atoms with Gasteiger partial charge in [0.15, 0.2) is 0 Å². The summed E-state index contributed by atoms with van der Waals surface area (Å²) in [7, 11) is 0. The standard InChI is InChI=1S/C9H6FN/c10-11-9-5-7-3-1-2-4-8(7)6-9/h1-6H. The smallest absolute Gasteiger partial charge is 0.0876 e. The van der Waals surface area contributed by atoms with Crippen molar-refractivity contribution in [2.75, 3.05) is 0 Å². The molecule has 0 bridgehead atoms. The highest BCUT2D eigenvalue weighted by atomic mass is 19.2. The van der Waals surface area contributed by atoms with Crippen molar-refractivity contribution in [1.29, 1.82) is 0 Å². The third-order valence-corrected chi connectivity index (χ3v) is 1.70. The van der Waals surface area contributed by atoms with Crippen molar-refractivity contribution in [3.05, 3.63) is 34.7 Å². The van der Waals surface area contributed by atoms with E-state index in [0.717, 1.165) is 10.4 Å². The zero-order valence-electron chi connectivity index (χ0n) is 5.79. The van der Waals surface area contributed by atoms with Crippen LogP contribution in [0.2, 0.25) is 0 Å². The zero-order chi connectivity index (χ0) is 7.68. The fourth-order valence-corrected chi connectivity index (χ4v) is 1.18. The maximum absolute atomic E-state index is 11.8. The molecule has 0 heterocycles. The second kappa shape index (κ2) is 2.31. The minimum Gasteiger partial charge on any atom is -0.0876 e. The Morgan fingerprint density at radius 2 is 1.55 bits per heavy atom. The molecule has 0 amide bonds. The van der Waals surface area contributed by atoms with Crippen LogP contribution >= 0.6 is 0 Å². The van der Waals surface area contributed by atoms with Gasteiger partial charge >= 0.3 is 0 Å². The molecular weight excluding hydrogens is 141 g/mol. The van der Waals surface area contributed by atoms with Gasteiger partial charge in [-0.05, 0) is 22.6 Å². The molecule has 0 saturated carbocycles. The molecule has 0 spiro atoms. The second-order valence-corrected chi connectivity index (χ2v) is 2.43.